The van der Waals surface area contributed by atoms with Gasteiger partial charge in [-0.25, -0.2) is 4.68 Å². The van der Waals surface area contributed by atoms with Crippen molar-refractivity contribution in [3.8, 4) is 22.9 Å². The zero-order chi connectivity index (χ0) is 21.8. The molecule has 2 aromatic carbocycles. The third-order valence-electron chi connectivity index (χ3n) is 5.13. The van der Waals surface area contributed by atoms with Crippen LogP contribution in [0.25, 0.3) is 5.69 Å². The Balaban J connectivity index is 1.86. The molecule has 0 spiro atoms. The number of nitrogens with zero attached hydrogens (tertiary/aromatic N) is 2. The highest BCUT2D eigenvalue weighted by molar-refractivity contribution is 5.95. The van der Waals surface area contributed by atoms with Crippen molar-refractivity contribution in [2.24, 2.45) is 0 Å². The second-order valence-electron chi connectivity index (χ2n) is 6.99. The second kappa shape index (κ2) is 8.90. The number of para-hydroxylation sites is 1. The monoisotopic (exact) mass is 409 g/mol. The molecule has 0 saturated carbocycles. The van der Waals surface area contributed by atoms with Crippen LogP contribution in [0.15, 0.2) is 42.6 Å². The SMILES string of the molecule is COc1cc(C(=O)N[C@H](C)c2cnn(-c3ccccc3C)c2C)cc(OC)c1OC. The largest absolute Gasteiger partial charge is 0.493 e. The molecule has 0 radical (unpaired) electrons. The highest BCUT2D eigenvalue weighted by atomic mass is 16.5. The average molecular weight is 409 g/mol. The standard InChI is InChI=1S/C23H27N3O4/c1-14-9-7-8-10-19(14)26-16(3)18(13-24-26)15(2)25-23(27)17-11-20(28-4)22(30-6)21(12-17)29-5/h7-13,15H,1-6H3,(H,25,27)/t15-/m1/s1. The highest BCUT2D eigenvalue weighted by Gasteiger charge is 2.21. The van der Waals surface area contributed by atoms with E-state index in [1.807, 2.05) is 49.7 Å². The summed E-state index contributed by atoms with van der Waals surface area (Å²) in [7, 11) is 4.56. The molecule has 3 aromatic rings. The van der Waals surface area contributed by atoms with Gasteiger partial charge in [-0.15, -0.1) is 0 Å². The van der Waals surface area contributed by atoms with E-state index in [0.717, 1.165) is 22.5 Å². The lowest BCUT2D eigenvalue weighted by Crippen LogP contribution is -2.27. The number of carbonyl (C=O) groups excluding carboxylic acids is 1. The van der Waals surface area contributed by atoms with Gasteiger partial charge in [0, 0.05) is 16.8 Å². The van der Waals surface area contributed by atoms with Crippen LogP contribution < -0.4 is 19.5 Å². The quantitative estimate of drug-likeness (QED) is 0.638. The first-order valence-electron chi connectivity index (χ1n) is 9.62. The van der Waals surface area contributed by atoms with Gasteiger partial charge < -0.3 is 19.5 Å². The molecule has 0 unspecified atom stereocenters. The molecule has 7 nitrogen and oxygen atoms in total. The number of ether oxygens (including phenoxy) is 3. The Bertz CT molecular complexity index is 1030. The van der Waals surface area contributed by atoms with Gasteiger partial charge in [-0.1, -0.05) is 18.2 Å². The molecule has 0 aliphatic carbocycles. The van der Waals surface area contributed by atoms with Crippen molar-refractivity contribution in [2.45, 2.75) is 26.8 Å². The summed E-state index contributed by atoms with van der Waals surface area (Å²) < 4.78 is 17.9. The molecule has 0 aliphatic rings. The van der Waals surface area contributed by atoms with Gasteiger partial charge in [-0.3, -0.25) is 4.79 Å². The van der Waals surface area contributed by atoms with Gasteiger partial charge in [0.05, 0.1) is 39.3 Å². The number of amides is 1. The molecule has 0 aliphatic heterocycles. The van der Waals surface area contributed by atoms with Gasteiger partial charge in [-0.2, -0.15) is 5.10 Å². The van der Waals surface area contributed by atoms with E-state index in [0.29, 0.717) is 22.8 Å². The van der Waals surface area contributed by atoms with Gasteiger partial charge in [-0.05, 0) is 44.5 Å². The third-order valence-corrected chi connectivity index (χ3v) is 5.13. The second-order valence-corrected chi connectivity index (χ2v) is 6.99. The van der Waals surface area contributed by atoms with Gasteiger partial charge in [0.1, 0.15) is 0 Å². The summed E-state index contributed by atoms with van der Waals surface area (Å²) in [6.07, 6.45) is 1.79. The van der Waals surface area contributed by atoms with E-state index >= 15 is 0 Å². The van der Waals surface area contributed by atoms with Crippen LogP contribution in [0.5, 0.6) is 17.2 Å². The van der Waals surface area contributed by atoms with E-state index in [2.05, 4.69) is 10.4 Å². The number of hydrogen-bond acceptors (Lipinski definition) is 5. The maximum Gasteiger partial charge on any atom is 0.252 e. The van der Waals surface area contributed by atoms with Crippen LogP contribution in [0.3, 0.4) is 0 Å². The third kappa shape index (κ3) is 3.96. The molecular formula is C23H27N3O4. The number of carbonyl (C=O) groups is 1. The Morgan fingerprint density at radius 1 is 1.03 bits per heavy atom. The number of aryl methyl sites for hydroxylation is 1. The molecule has 7 heteroatoms. The summed E-state index contributed by atoms with van der Waals surface area (Å²) in [5, 5.41) is 7.56. The molecule has 1 aromatic heterocycles. The van der Waals surface area contributed by atoms with Crippen LogP contribution in [0, 0.1) is 13.8 Å². The minimum atomic E-state index is -0.246. The average Bonchev–Trinajstić information content (AvgIpc) is 3.13. The summed E-state index contributed by atoms with van der Waals surface area (Å²) in [5.41, 5.74) is 4.48. The van der Waals surface area contributed by atoms with Gasteiger partial charge in [0.2, 0.25) is 5.75 Å². The fourth-order valence-corrected chi connectivity index (χ4v) is 3.46. The first-order valence-corrected chi connectivity index (χ1v) is 9.62. The number of hydrogen-bond donors (Lipinski definition) is 1. The first kappa shape index (κ1) is 21.2. The Kier molecular flexibility index (Phi) is 6.30. The zero-order valence-electron chi connectivity index (χ0n) is 18.1. The Labute approximate surface area is 176 Å². The van der Waals surface area contributed by atoms with Crippen molar-refractivity contribution >= 4 is 5.91 Å². The minimum Gasteiger partial charge on any atom is -0.493 e. The van der Waals surface area contributed by atoms with Crippen LogP contribution in [0.1, 0.15) is 40.1 Å². The van der Waals surface area contributed by atoms with E-state index in [9.17, 15) is 4.79 Å². The molecule has 0 fully saturated rings. The molecule has 1 amide bonds. The van der Waals surface area contributed by atoms with Crippen molar-refractivity contribution in [2.75, 3.05) is 21.3 Å². The van der Waals surface area contributed by atoms with E-state index in [1.54, 1.807) is 18.3 Å². The fourth-order valence-electron chi connectivity index (χ4n) is 3.46. The number of rotatable bonds is 7. The maximum atomic E-state index is 12.9. The lowest BCUT2D eigenvalue weighted by Gasteiger charge is -2.17. The molecule has 0 saturated heterocycles. The van der Waals surface area contributed by atoms with Crippen LogP contribution in [-0.4, -0.2) is 37.0 Å². The molecule has 0 bridgehead atoms. The lowest BCUT2D eigenvalue weighted by molar-refractivity contribution is 0.0939. The van der Waals surface area contributed by atoms with Gasteiger partial charge in [0.15, 0.2) is 11.5 Å². The van der Waals surface area contributed by atoms with E-state index in [4.69, 9.17) is 14.2 Å². The van der Waals surface area contributed by atoms with E-state index < -0.39 is 0 Å². The van der Waals surface area contributed by atoms with Crippen molar-refractivity contribution in [1.29, 1.82) is 0 Å². The van der Waals surface area contributed by atoms with Crippen LogP contribution in [0.2, 0.25) is 0 Å². The van der Waals surface area contributed by atoms with Crippen molar-refractivity contribution < 1.29 is 19.0 Å². The van der Waals surface area contributed by atoms with Crippen LogP contribution >= 0.6 is 0 Å². The van der Waals surface area contributed by atoms with Gasteiger partial charge >= 0.3 is 0 Å². The Morgan fingerprint density at radius 3 is 2.23 bits per heavy atom. The lowest BCUT2D eigenvalue weighted by atomic mass is 10.1. The maximum absolute atomic E-state index is 12.9. The predicted molar refractivity (Wildman–Crippen MR) is 115 cm³/mol. The number of aromatic nitrogens is 2. The summed E-state index contributed by atoms with van der Waals surface area (Å²) in [4.78, 5) is 12.9. The highest BCUT2D eigenvalue weighted by Crippen LogP contribution is 2.38. The number of benzene rings is 2. The van der Waals surface area contributed by atoms with Gasteiger partial charge in [0.25, 0.3) is 5.91 Å². The molecule has 30 heavy (non-hydrogen) atoms. The topological polar surface area (TPSA) is 74.6 Å². The molecule has 1 atom stereocenters. The number of nitrogens with one attached hydrogen (secondary N) is 1. The van der Waals surface area contributed by atoms with E-state index in [1.165, 1.54) is 21.3 Å². The minimum absolute atomic E-state index is 0.241. The normalized spacial score (nSPS) is 11.7. The zero-order valence-corrected chi connectivity index (χ0v) is 18.1. The Morgan fingerprint density at radius 2 is 1.67 bits per heavy atom. The predicted octanol–water partition coefficient (Wildman–Crippen LogP) is 4.01. The molecular weight excluding hydrogens is 382 g/mol. The Hall–Kier alpha value is -3.48. The molecule has 158 valence electrons. The summed E-state index contributed by atoms with van der Waals surface area (Å²) >= 11 is 0. The first-order chi connectivity index (χ1) is 14.4. The molecule has 1 heterocycles. The molecule has 3 rings (SSSR count). The van der Waals surface area contributed by atoms with Crippen LogP contribution in [-0.2, 0) is 0 Å². The fraction of sp³-hybridized carbons (Fsp3) is 0.304. The van der Waals surface area contributed by atoms with Crippen molar-refractivity contribution in [1.82, 2.24) is 15.1 Å². The van der Waals surface area contributed by atoms with Crippen molar-refractivity contribution in [3.05, 3.63) is 65.0 Å². The van der Waals surface area contributed by atoms with Crippen LogP contribution in [0.4, 0.5) is 0 Å². The summed E-state index contributed by atoms with van der Waals surface area (Å²) in [6.45, 7) is 5.98. The molecule has 1 N–H and O–H groups in total. The smallest absolute Gasteiger partial charge is 0.252 e. The summed E-state index contributed by atoms with van der Waals surface area (Å²) in [5.74, 6) is 1.06. The number of methoxy groups -OCH3 is 3. The summed E-state index contributed by atoms with van der Waals surface area (Å²) in [6, 6.07) is 11.1. The van der Waals surface area contributed by atoms with Crippen molar-refractivity contribution in [3.63, 3.8) is 0 Å². The van der Waals surface area contributed by atoms with E-state index in [-0.39, 0.29) is 11.9 Å².